The second-order valence-corrected chi connectivity index (χ2v) is 7.92. The van der Waals surface area contributed by atoms with Crippen molar-refractivity contribution >= 4 is 6.08 Å². The second kappa shape index (κ2) is 9.65. The summed E-state index contributed by atoms with van der Waals surface area (Å²) in [6.07, 6.45) is 3.57. The van der Waals surface area contributed by atoms with Crippen LogP contribution in [0, 0.1) is 0 Å². The normalized spacial score (nSPS) is 11.7. The molecule has 0 aliphatic heterocycles. The lowest BCUT2D eigenvalue weighted by Crippen LogP contribution is -2.39. The number of hydrogen-bond acceptors (Lipinski definition) is 4. The van der Waals surface area contributed by atoms with Gasteiger partial charge >= 0.3 is 0 Å². The molecule has 4 aromatic carbocycles. The molecular weight excluding hydrogens is 420 g/mol. The number of benzene rings is 4. The van der Waals surface area contributed by atoms with Crippen LogP contribution >= 0.6 is 0 Å². The van der Waals surface area contributed by atoms with Crippen LogP contribution in [0.3, 0.4) is 0 Å². The third kappa shape index (κ3) is 3.93. The van der Waals surface area contributed by atoms with Gasteiger partial charge in [-0.1, -0.05) is 121 Å². The first-order valence-electron chi connectivity index (χ1n) is 11.2. The molecule has 0 fully saturated rings. The van der Waals surface area contributed by atoms with Gasteiger partial charge in [-0.3, -0.25) is 0 Å². The highest BCUT2D eigenvalue weighted by Crippen LogP contribution is 2.39. The average molecular weight is 445 g/mol. The zero-order valence-electron chi connectivity index (χ0n) is 18.6. The highest BCUT2D eigenvalue weighted by atomic mass is 16.2. The molecule has 5 nitrogen and oxygen atoms in total. The number of tetrazole rings is 1. The summed E-state index contributed by atoms with van der Waals surface area (Å²) in [5.74, 6) is 0.534. The molecule has 5 rings (SSSR count). The Hall–Kier alpha value is -4.35. The molecule has 0 saturated carbocycles. The molecule has 1 heterocycles. The van der Waals surface area contributed by atoms with Crippen LogP contribution < -0.4 is 0 Å². The zero-order chi connectivity index (χ0) is 23.2. The Balaban J connectivity index is 1.74. The fraction of sp³-hybridized carbons (Fsp3) is 0.0690. The molecule has 1 aromatic heterocycles. The lowest BCUT2D eigenvalue weighted by molar-refractivity contribution is 0.343. The van der Waals surface area contributed by atoms with E-state index in [9.17, 15) is 0 Å². The SMILES string of the molecule is OCC=Cc1cccc(-c2nnn(C(c3ccccc3)(c3ccccc3)c3ccccc3)n2)c1. The average Bonchev–Trinajstić information content (AvgIpc) is 3.41. The van der Waals surface area contributed by atoms with Crippen molar-refractivity contribution in [3.05, 3.63) is 144 Å². The van der Waals surface area contributed by atoms with Gasteiger partial charge in [0, 0.05) is 5.56 Å². The summed E-state index contributed by atoms with van der Waals surface area (Å²) in [4.78, 5) is 1.72. The molecule has 34 heavy (non-hydrogen) atoms. The van der Waals surface area contributed by atoms with Crippen LogP contribution in [0.4, 0.5) is 0 Å². The van der Waals surface area contributed by atoms with E-state index in [0.717, 1.165) is 27.8 Å². The van der Waals surface area contributed by atoms with E-state index in [0.29, 0.717) is 5.82 Å². The van der Waals surface area contributed by atoms with Crippen LogP contribution in [-0.2, 0) is 5.54 Å². The Morgan fingerprint density at radius 1 is 0.706 bits per heavy atom. The van der Waals surface area contributed by atoms with Crippen LogP contribution in [0.5, 0.6) is 0 Å². The summed E-state index contributed by atoms with van der Waals surface area (Å²) in [5, 5.41) is 23.1. The first-order valence-corrected chi connectivity index (χ1v) is 11.2. The first kappa shape index (κ1) is 21.5. The maximum atomic E-state index is 9.11. The minimum atomic E-state index is -0.802. The van der Waals surface area contributed by atoms with Crippen LogP contribution in [-0.4, -0.2) is 31.9 Å². The van der Waals surface area contributed by atoms with Gasteiger partial charge in [-0.15, -0.1) is 15.0 Å². The summed E-state index contributed by atoms with van der Waals surface area (Å²) >= 11 is 0. The van der Waals surface area contributed by atoms with Gasteiger partial charge in [0.15, 0.2) is 5.54 Å². The highest BCUT2D eigenvalue weighted by molar-refractivity contribution is 5.61. The molecule has 0 unspecified atom stereocenters. The molecule has 0 aliphatic rings. The molecule has 166 valence electrons. The van der Waals surface area contributed by atoms with Gasteiger partial charge in [0.05, 0.1) is 6.61 Å². The fourth-order valence-electron chi connectivity index (χ4n) is 4.33. The van der Waals surface area contributed by atoms with E-state index in [1.54, 1.807) is 10.9 Å². The predicted molar refractivity (Wildman–Crippen MR) is 134 cm³/mol. The monoisotopic (exact) mass is 444 g/mol. The maximum absolute atomic E-state index is 9.11. The molecule has 5 heteroatoms. The Morgan fingerprint density at radius 2 is 1.26 bits per heavy atom. The third-order valence-electron chi connectivity index (χ3n) is 5.85. The van der Waals surface area contributed by atoms with E-state index in [1.807, 2.05) is 84.9 Å². The number of aromatic nitrogens is 4. The van der Waals surface area contributed by atoms with Crippen molar-refractivity contribution in [3.8, 4) is 11.4 Å². The number of hydrogen-bond donors (Lipinski definition) is 1. The van der Waals surface area contributed by atoms with Crippen molar-refractivity contribution in [2.24, 2.45) is 0 Å². The van der Waals surface area contributed by atoms with Gasteiger partial charge in [-0.05, 0) is 33.5 Å². The lowest BCUT2D eigenvalue weighted by Gasteiger charge is -2.34. The van der Waals surface area contributed by atoms with Crippen LogP contribution in [0.1, 0.15) is 22.3 Å². The summed E-state index contributed by atoms with van der Waals surface area (Å²) < 4.78 is 0. The van der Waals surface area contributed by atoms with Gasteiger partial charge in [0.2, 0.25) is 5.82 Å². The summed E-state index contributed by atoms with van der Waals surface area (Å²) in [7, 11) is 0. The highest BCUT2D eigenvalue weighted by Gasteiger charge is 2.41. The van der Waals surface area contributed by atoms with Crippen molar-refractivity contribution in [1.82, 2.24) is 20.2 Å². The Labute approximate surface area is 198 Å². The smallest absolute Gasteiger partial charge is 0.205 e. The van der Waals surface area contributed by atoms with Gasteiger partial charge in [-0.2, -0.15) is 0 Å². The molecule has 0 atom stereocenters. The topological polar surface area (TPSA) is 63.8 Å². The van der Waals surface area contributed by atoms with Crippen LogP contribution in [0.15, 0.2) is 121 Å². The molecular formula is C29H24N4O. The van der Waals surface area contributed by atoms with Crippen molar-refractivity contribution in [2.45, 2.75) is 5.54 Å². The summed E-state index contributed by atoms with van der Waals surface area (Å²) in [6, 6.07) is 38.7. The van der Waals surface area contributed by atoms with E-state index >= 15 is 0 Å². The standard InChI is InChI=1S/C29H24N4O/c34-21-11-13-23-12-10-14-24(22-23)28-30-32-33(31-28)29(25-15-4-1-5-16-25,26-17-6-2-7-18-26)27-19-8-3-9-20-27/h1-20,22,34H,21H2. The second-order valence-electron chi connectivity index (χ2n) is 7.92. The zero-order valence-corrected chi connectivity index (χ0v) is 18.6. The Kier molecular flexibility index (Phi) is 6.10. The molecule has 0 radical (unpaired) electrons. The van der Waals surface area contributed by atoms with E-state index < -0.39 is 5.54 Å². The number of nitrogens with zero attached hydrogens (tertiary/aromatic N) is 4. The van der Waals surface area contributed by atoms with E-state index in [1.165, 1.54) is 0 Å². The Morgan fingerprint density at radius 3 is 1.79 bits per heavy atom. The summed E-state index contributed by atoms with van der Waals surface area (Å²) in [5.41, 5.74) is 4.13. The predicted octanol–water partition coefficient (Wildman–Crippen LogP) is 5.19. The van der Waals surface area contributed by atoms with Crippen LogP contribution in [0.25, 0.3) is 17.5 Å². The first-order chi connectivity index (χ1) is 16.8. The van der Waals surface area contributed by atoms with Crippen molar-refractivity contribution in [3.63, 3.8) is 0 Å². The minimum absolute atomic E-state index is 0.00753. The largest absolute Gasteiger partial charge is 0.392 e. The van der Waals surface area contributed by atoms with E-state index in [-0.39, 0.29) is 6.61 Å². The van der Waals surface area contributed by atoms with Gasteiger partial charge in [-0.25, -0.2) is 0 Å². The third-order valence-corrected chi connectivity index (χ3v) is 5.85. The van der Waals surface area contributed by atoms with Crippen LogP contribution in [0.2, 0.25) is 0 Å². The van der Waals surface area contributed by atoms with Crippen molar-refractivity contribution in [2.75, 3.05) is 6.61 Å². The summed E-state index contributed by atoms with van der Waals surface area (Å²) in [6.45, 7) is -0.00753. The maximum Gasteiger partial charge on any atom is 0.205 e. The van der Waals surface area contributed by atoms with E-state index in [4.69, 9.17) is 10.2 Å². The fourth-order valence-corrected chi connectivity index (χ4v) is 4.33. The van der Waals surface area contributed by atoms with Gasteiger partial charge < -0.3 is 5.11 Å². The Bertz CT molecular complexity index is 1280. The molecule has 1 N–H and O–H groups in total. The molecule has 0 aliphatic carbocycles. The van der Waals surface area contributed by atoms with Crippen molar-refractivity contribution < 1.29 is 5.11 Å². The minimum Gasteiger partial charge on any atom is -0.392 e. The lowest BCUT2D eigenvalue weighted by atomic mass is 9.77. The number of rotatable bonds is 7. The molecule has 0 amide bonds. The van der Waals surface area contributed by atoms with Gasteiger partial charge in [0.1, 0.15) is 0 Å². The van der Waals surface area contributed by atoms with Crippen molar-refractivity contribution in [1.29, 1.82) is 0 Å². The molecule has 5 aromatic rings. The number of aliphatic hydroxyl groups excluding tert-OH is 1. The molecule has 0 saturated heterocycles. The molecule has 0 spiro atoms. The quantitative estimate of drug-likeness (QED) is 0.351. The van der Waals surface area contributed by atoms with Gasteiger partial charge in [0.25, 0.3) is 0 Å². The molecule has 0 bridgehead atoms. The number of aliphatic hydroxyl groups is 1. The van der Waals surface area contributed by atoms with E-state index in [2.05, 4.69) is 46.7 Å².